The molecule has 1 aliphatic rings. The van der Waals surface area contributed by atoms with Crippen molar-refractivity contribution in [3.63, 3.8) is 0 Å². The van der Waals surface area contributed by atoms with E-state index in [1.54, 1.807) is 36.5 Å². The topological polar surface area (TPSA) is 154 Å². The van der Waals surface area contributed by atoms with Crippen molar-refractivity contribution in [2.24, 2.45) is 5.92 Å². The Morgan fingerprint density at radius 1 is 1.12 bits per heavy atom. The van der Waals surface area contributed by atoms with E-state index in [0.29, 0.717) is 30.6 Å². The Hall–Kier alpha value is -4.40. The molecule has 1 aromatic heterocycles. The van der Waals surface area contributed by atoms with Gasteiger partial charge in [0.15, 0.2) is 0 Å². The molecule has 1 amide bonds. The monoisotopic (exact) mass is 560 g/mol. The van der Waals surface area contributed by atoms with Gasteiger partial charge in [-0.1, -0.05) is 18.2 Å². The van der Waals surface area contributed by atoms with Gasteiger partial charge in [0.25, 0.3) is 15.9 Å². The number of aromatic nitrogens is 2. The quantitative estimate of drug-likeness (QED) is 0.281. The predicted octanol–water partition coefficient (Wildman–Crippen LogP) is 4.67. The first-order valence-corrected chi connectivity index (χ1v) is 14.3. The van der Waals surface area contributed by atoms with Gasteiger partial charge in [-0.15, -0.1) is 0 Å². The van der Waals surface area contributed by atoms with Gasteiger partial charge in [-0.3, -0.25) is 9.89 Å². The van der Waals surface area contributed by atoms with Crippen LogP contribution in [0.15, 0.2) is 71.8 Å². The molecule has 3 aromatic carbocycles. The summed E-state index contributed by atoms with van der Waals surface area (Å²) in [5.74, 6) is 0.216. The molecule has 0 bridgehead atoms. The maximum atomic E-state index is 13.1. The molecule has 0 unspecified atom stereocenters. The molecule has 0 aliphatic heterocycles. The van der Waals surface area contributed by atoms with Gasteiger partial charge in [0.05, 0.1) is 45.3 Å². The van der Waals surface area contributed by atoms with E-state index in [4.69, 9.17) is 9.47 Å². The zero-order valence-electron chi connectivity index (χ0n) is 21.8. The van der Waals surface area contributed by atoms with Crippen molar-refractivity contribution >= 4 is 26.8 Å². The number of H-pyrrole nitrogens is 1. The van der Waals surface area contributed by atoms with Gasteiger partial charge in [0, 0.05) is 0 Å². The standard InChI is InChI=1S/C29H28N4O6S/c1-29(35)13-11-19(12-14-29)18-38-25-10-9-21(15-20(25)16-30)40(36,37)33-28(34)22-5-2-3-7-26(22)39-27-8-4-6-24-23(27)17-31-32-24/h2-10,15,17,19,35H,11-14,18H2,1H3,(H,31,32)(H,33,34). The van der Waals surface area contributed by atoms with Crippen LogP contribution in [0.2, 0.25) is 0 Å². The van der Waals surface area contributed by atoms with E-state index in [2.05, 4.69) is 14.9 Å². The molecule has 206 valence electrons. The minimum Gasteiger partial charge on any atom is -0.492 e. The summed E-state index contributed by atoms with van der Waals surface area (Å²) in [5.41, 5.74) is 0.137. The number of nitriles is 1. The fraction of sp³-hybridized carbons (Fsp3) is 0.276. The van der Waals surface area contributed by atoms with Crippen molar-refractivity contribution < 1.29 is 27.8 Å². The molecule has 0 spiro atoms. The van der Waals surface area contributed by atoms with Gasteiger partial charge in [-0.05, 0) is 81.0 Å². The maximum Gasteiger partial charge on any atom is 0.268 e. The van der Waals surface area contributed by atoms with Crippen LogP contribution in [0.3, 0.4) is 0 Å². The van der Waals surface area contributed by atoms with Crippen LogP contribution in [-0.4, -0.2) is 41.8 Å². The number of ether oxygens (including phenoxy) is 2. The maximum absolute atomic E-state index is 13.1. The summed E-state index contributed by atoms with van der Waals surface area (Å²) in [7, 11) is -4.33. The van der Waals surface area contributed by atoms with Gasteiger partial charge in [0.1, 0.15) is 23.3 Å². The zero-order chi connectivity index (χ0) is 28.3. The lowest BCUT2D eigenvalue weighted by atomic mass is 9.80. The third-order valence-electron chi connectivity index (χ3n) is 7.06. The SMILES string of the molecule is CC1(O)CCC(COc2ccc(S(=O)(=O)NC(=O)c3ccccc3Oc3cccc4[nH]ncc34)cc2C#N)CC1. The molecule has 10 nitrogen and oxygen atoms in total. The number of nitrogens with one attached hydrogen (secondary N) is 2. The first-order valence-electron chi connectivity index (χ1n) is 12.8. The van der Waals surface area contributed by atoms with Gasteiger partial charge in [-0.2, -0.15) is 10.4 Å². The second kappa shape index (κ2) is 11.0. The van der Waals surface area contributed by atoms with Crippen LogP contribution < -0.4 is 14.2 Å². The number of sulfonamides is 1. The van der Waals surface area contributed by atoms with E-state index >= 15 is 0 Å². The van der Waals surface area contributed by atoms with Crippen molar-refractivity contribution in [3.05, 3.63) is 78.0 Å². The van der Waals surface area contributed by atoms with Crippen LogP contribution in [0, 0.1) is 17.2 Å². The average Bonchev–Trinajstić information content (AvgIpc) is 3.42. The zero-order valence-corrected chi connectivity index (χ0v) is 22.6. The van der Waals surface area contributed by atoms with Crippen LogP contribution in [0.25, 0.3) is 10.9 Å². The summed E-state index contributed by atoms with van der Waals surface area (Å²) in [6.45, 7) is 2.18. The number of rotatable bonds is 8. The third-order valence-corrected chi connectivity index (χ3v) is 8.39. The minimum atomic E-state index is -4.33. The largest absolute Gasteiger partial charge is 0.492 e. The third kappa shape index (κ3) is 5.93. The van der Waals surface area contributed by atoms with Gasteiger partial charge < -0.3 is 14.6 Å². The number of benzene rings is 3. The van der Waals surface area contributed by atoms with Crippen LogP contribution >= 0.6 is 0 Å². The highest BCUT2D eigenvalue weighted by Crippen LogP contribution is 2.33. The summed E-state index contributed by atoms with van der Waals surface area (Å²) in [4.78, 5) is 12.9. The molecule has 0 saturated heterocycles. The van der Waals surface area contributed by atoms with Crippen LogP contribution in [0.4, 0.5) is 0 Å². The molecular weight excluding hydrogens is 532 g/mol. The van der Waals surface area contributed by atoms with Crippen molar-refractivity contribution in [2.45, 2.75) is 43.1 Å². The van der Waals surface area contributed by atoms with Crippen molar-refractivity contribution in [3.8, 4) is 23.3 Å². The van der Waals surface area contributed by atoms with Gasteiger partial charge >= 0.3 is 0 Å². The van der Waals surface area contributed by atoms with Crippen molar-refractivity contribution in [2.75, 3.05) is 6.61 Å². The molecule has 3 N–H and O–H groups in total. The summed E-state index contributed by atoms with van der Waals surface area (Å²) < 4.78 is 40.1. The number of aromatic amines is 1. The van der Waals surface area contributed by atoms with Crippen LogP contribution in [-0.2, 0) is 10.0 Å². The highest BCUT2D eigenvalue weighted by Gasteiger charge is 2.29. The number of carbonyl (C=O) groups is 1. The molecule has 11 heteroatoms. The Labute approximate surface area is 231 Å². The molecule has 1 saturated carbocycles. The Morgan fingerprint density at radius 3 is 2.65 bits per heavy atom. The van der Waals surface area contributed by atoms with E-state index in [1.165, 1.54) is 24.3 Å². The lowest BCUT2D eigenvalue weighted by Gasteiger charge is -2.32. The number of hydrogen-bond donors (Lipinski definition) is 3. The van der Waals surface area contributed by atoms with E-state index in [-0.39, 0.29) is 33.4 Å². The fourth-order valence-corrected chi connectivity index (χ4v) is 5.68. The molecule has 40 heavy (non-hydrogen) atoms. The molecule has 0 radical (unpaired) electrons. The van der Waals surface area contributed by atoms with E-state index < -0.39 is 21.5 Å². The van der Waals surface area contributed by atoms with Crippen molar-refractivity contribution in [1.29, 1.82) is 5.26 Å². The van der Waals surface area contributed by atoms with E-state index in [9.17, 15) is 23.6 Å². The van der Waals surface area contributed by atoms with Crippen LogP contribution in [0.5, 0.6) is 17.2 Å². The molecule has 1 fully saturated rings. The number of hydrogen-bond acceptors (Lipinski definition) is 8. The summed E-state index contributed by atoms with van der Waals surface area (Å²) >= 11 is 0. The predicted molar refractivity (Wildman–Crippen MR) is 146 cm³/mol. The summed E-state index contributed by atoms with van der Waals surface area (Å²) in [5, 5.41) is 27.3. The number of nitrogens with zero attached hydrogens (tertiary/aromatic N) is 2. The van der Waals surface area contributed by atoms with Crippen LogP contribution in [0.1, 0.15) is 48.5 Å². The molecular formula is C29H28N4O6S. The number of carbonyl (C=O) groups excluding carboxylic acids is 1. The summed E-state index contributed by atoms with van der Waals surface area (Å²) in [6.07, 6.45) is 4.55. The van der Waals surface area contributed by atoms with Gasteiger partial charge in [-0.25, -0.2) is 13.1 Å². The smallest absolute Gasteiger partial charge is 0.268 e. The highest BCUT2D eigenvalue weighted by atomic mass is 32.2. The van der Waals surface area contributed by atoms with Gasteiger partial charge in [0.2, 0.25) is 0 Å². The highest BCUT2D eigenvalue weighted by molar-refractivity contribution is 7.90. The second-order valence-electron chi connectivity index (χ2n) is 10.1. The minimum absolute atomic E-state index is 0.0125. The Balaban J connectivity index is 1.30. The molecule has 0 atom stereocenters. The first kappa shape index (κ1) is 27.2. The Bertz CT molecular complexity index is 1700. The first-order chi connectivity index (χ1) is 19.1. The molecule has 1 aliphatic carbocycles. The molecule has 5 rings (SSSR count). The average molecular weight is 561 g/mol. The lowest BCUT2D eigenvalue weighted by molar-refractivity contribution is 0.00151. The lowest BCUT2D eigenvalue weighted by Crippen LogP contribution is -2.32. The molecule has 1 heterocycles. The number of para-hydroxylation sites is 1. The van der Waals surface area contributed by atoms with E-state index in [0.717, 1.165) is 18.4 Å². The van der Waals surface area contributed by atoms with E-state index in [1.807, 2.05) is 19.1 Å². The number of aliphatic hydroxyl groups is 1. The second-order valence-corrected chi connectivity index (χ2v) is 11.8. The Kier molecular flexibility index (Phi) is 7.47. The van der Waals surface area contributed by atoms with Crippen molar-refractivity contribution in [1.82, 2.24) is 14.9 Å². The number of fused-ring (bicyclic) bond motifs is 1. The Morgan fingerprint density at radius 2 is 1.88 bits per heavy atom. The normalized spacial score (nSPS) is 19.1. The number of amides is 1. The summed E-state index contributed by atoms with van der Waals surface area (Å²) in [6, 6.07) is 17.5. The fourth-order valence-electron chi connectivity index (χ4n) is 4.69. The molecule has 4 aromatic rings.